The highest BCUT2D eigenvalue weighted by Crippen LogP contribution is 2.31. The molecule has 2 aliphatic heterocycles. The number of likely N-dealkylation sites (tertiary alicyclic amines) is 1. The molecule has 0 aromatic carbocycles. The molecule has 1 N–H and O–H groups in total. The van der Waals surface area contributed by atoms with Crippen molar-refractivity contribution in [1.29, 1.82) is 0 Å². The summed E-state index contributed by atoms with van der Waals surface area (Å²) in [6.07, 6.45) is 3.27. The molecule has 17 heavy (non-hydrogen) atoms. The van der Waals surface area contributed by atoms with Crippen LogP contribution in [0.2, 0.25) is 0 Å². The molecular formula is C12H20N2O3. The Morgan fingerprint density at radius 3 is 2.53 bits per heavy atom. The molecule has 2 atom stereocenters. The smallest absolute Gasteiger partial charge is 0.334 e. The first-order valence-corrected chi connectivity index (χ1v) is 6.56. The van der Waals surface area contributed by atoms with Crippen LogP contribution < -0.4 is 0 Å². The van der Waals surface area contributed by atoms with E-state index in [0.717, 1.165) is 19.1 Å². The zero-order chi connectivity index (χ0) is 11.8. The number of carboxylic acids is 1. The number of morpholine rings is 1. The van der Waals surface area contributed by atoms with Gasteiger partial charge in [0, 0.05) is 38.3 Å². The molecule has 2 saturated heterocycles. The highest BCUT2D eigenvalue weighted by atomic mass is 16.5. The molecule has 0 aromatic rings. The first-order chi connectivity index (χ1) is 8.24. The number of carboxylic acid groups (broad SMARTS) is 1. The van der Waals surface area contributed by atoms with Crippen LogP contribution in [0.15, 0.2) is 0 Å². The largest absolute Gasteiger partial charge is 0.479 e. The summed E-state index contributed by atoms with van der Waals surface area (Å²) in [6, 6.07) is 1.37. The molecule has 0 aromatic heterocycles. The number of carbonyl (C=O) groups is 1. The fourth-order valence-corrected chi connectivity index (χ4v) is 2.99. The second-order valence-corrected chi connectivity index (χ2v) is 5.36. The van der Waals surface area contributed by atoms with Crippen molar-refractivity contribution < 1.29 is 14.6 Å². The highest BCUT2D eigenvalue weighted by Gasteiger charge is 2.38. The molecule has 96 valence electrons. The average Bonchev–Trinajstić information content (AvgIpc) is 3.07. The Morgan fingerprint density at radius 1 is 1.06 bits per heavy atom. The van der Waals surface area contributed by atoms with Gasteiger partial charge in [-0.05, 0) is 19.3 Å². The minimum Gasteiger partial charge on any atom is -0.479 e. The van der Waals surface area contributed by atoms with Crippen molar-refractivity contribution in [3.05, 3.63) is 0 Å². The Bertz CT molecular complexity index is 306. The molecule has 3 aliphatic rings. The molecule has 0 bridgehead atoms. The van der Waals surface area contributed by atoms with E-state index < -0.39 is 12.1 Å². The molecule has 0 radical (unpaired) electrons. The molecule has 2 unspecified atom stereocenters. The van der Waals surface area contributed by atoms with Gasteiger partial charge in [0.05, 0.1) is 6.61 Å². The van der Waals surface area contributed by atoms with Gasteiger partial charge in [-0.1, -0.05) is 0 Å². The van der Waals surface area contributed by atoms with Gasteiger partial charge in [-0.15, -0.1) is 0 Å². The summed E-state index contributed by atoms with van der Waals surface area (Å²) in [7, 11) is 0. The number of hydrogen-bond acceptors (Lipinski definition) is 4. The minimum absolute atomic E-state index is 0.543. The lowest BCUT2D eigenvalue weighted by molar-refractivity contribution is -0.157. The minimum atomic E-state index is -0.827. The molecule has 5 nitrogen and oxygen atoms in total. The van der Waals surface area contributed by atoms with Gasteiger partial charge in [0.2, 0.25) is 0 Å². The van der Waals surface area contributed by atoms with Crippen LogP contribution in [0.1, 0.15) is 19.3 Å². The SMILES string of the molecule is O=C(O)C1CN(C2CCN(C3CC3)C2)CCO1. The third kappa shape index (κ3) is 2.46. The van der Waals surface area contributed by atoms with Gasteiger partial charge in [0.15, 0.2) is 6.10 Å². The average molecular weight is 240 g/mol. The van der Waals surface area contributed by atoms with E-state index in [0.29, 0.717) is 19.2 Å². The molecule has 0 spiro atoms. The van der Waals surface area contributed by atoms with E-state index in [4.69, 9.17) is 9.84 Å². The zero-order valence-electron chi connectivity index (χ0n) is 10.0. The van der Waals surface area contributed by atoms with E-state index in [1.165, 1.54) is 25.8 Å². The molecule has 2 heterocycles. The van der Waals surface area contributed by atoms with Crippen molar-refractivity contribution in [2.75, 3.05) is 32.8 Å². The van der Waals surface area contributed by atoms with Crippen LogP contribution >= 0.6 is 0 Å². The van der Waals surface area contributed by atoms with E-state index in [2.05, 4.69) is 9.80 Å². The van der Waals surface area contributed by atoms with E-state index >= 15 is 0 Å². The summed E-state index contributed by atoms with van der Waals surface area (Å²) in [4.78, 5) is 15.8. The van der Waals surface area contributed by atoms with Crippen molar-refractivity contribution in [3.63, 3.8) is 0 Å². The lowest BCUT2D eigenvalue weighted by Crippen LogP contribution is -2.51. The van der Waals surface area contributed by atoms with E-state index in [-0.39, 0.29) is 0 Å². The van der Waals surface area contributed by atoms with Gasteiger partial charge in [0.1, 0.15) is 0 Å². The Labute approximate surface area is 101 Å². The third-order valence-corrected chi connectivity index (χ3v) is 4.15. The monoisotopic (exact) mass is 240 g/mol. The molecule has 5 heteroatoms. The Kier molecular flexibility index (Phi) is 3.06. The van der Waals surface area contributed by atoms with Crippen molar-refractivity contribution in [1.82, 2.24) is 9.80 Å². The Morgan fingerprint density at radius 2 is 1.82 bits per heavy atom. The highest BCUT2D eigenvalue weighted by molar-refractivity contribution is 5.72. The fourth-order valence-electron chi connectivity index (χ4n) is 2.99. The Balaban J connectivity index is 1.55. The van der Waals surface area contributed by atoms with Gasteiger partial charge in [-0.2, -0.15) is 0 Å². The van der Waals surface area contributed by atoms with Crippen molar-refractivity contribution in [2.45, 2.75) is 37.5 Å². The van der Waals surface area contributed by atoms with E-state index in [1.807, 2.05) is 0 Å². The summed E-state index contributed by atoms with van der Waals surface area (Å²) < 4.78 is 5.26. The van der Waals surface area contributed by atoms with Crippen LogP contribution in [0.3, 0.4) is 0 Å². The molecule has 1 aliphatic carbocycles. The van der Waals surface area contributed by atoms with E-state index in [1.54, 1.807) is 0 Å². The predicted molar refractivity (Wildman–Crippen MR) is 61.9 cm³/mol. The third-order valence-electron chi connectivity index (χ3n) is 4.15. The van der Waals surface area contributed by atoms with Crippen LogP contribution in [-0.4, -0.2) is 71.8 Å². The number of hydrogen-bond donors (Lipinski definition) is 1. The second-order valence-electron chi connectivity index (χ2n) is 5.36. The lowest BCUT2D eigenvalue weighted by atomic mass is 10.1. The van der Waals surface area contributed by atoms with Gasteiger partial charge in [-0.25, -0.2) is 4.79 Å². The maximum absolute atomic E-state index is 10.9. The first kappa shape index (κ1) is 11.4. The van der Waals surface area contributed by atoms with Gasteiger partial charge in [-0.3, -0.25) is 9.80 Å². The van der Waals surface area contributed by atoms with Crippen molar-refractivity contribution >= 4 is 5.97 Å². The lowest BCUT2D eigenvalue weighted by Gasteiger charge is -2.35. The predicted octanol–water partition coefficient (Wildman–Crippen LogP) is 0.00850. The molecular weight excluding hydrogens is 220 g/mol. The van der Waals surface area contributed by atoms with Gasteiger partial charge >= 0.3 is 5.97 Å². The van der Waals surface area contributed by atoms with E-state index in [9.17, 15) is 4.79 Å². The molecule has 1 saturated carbocycles. The zero-order valence-corrected chi connectivity index (χ0v) is 10.0. The second kappa shape index (κ2) is 4.55. The van der Waals surface area contributed by atoms with Crippen LogP contribution in [0.25, 0.3) is 0 Å². The molecule has 3 rings (SSSR count). The maximum atomic E-state index is 10.9. The summed E-state index contributed by atoms with van der Waals surface area (Å²) in [5.41, 5.74) is 0. The molecule has 0 amide bonds. The number of nitrogens with zero attached hydrogens (tertiary/aromatic N) is 2. The fraction of sp³-hybridized carbons (Fsp3) is 0.917. The summed E-state index contributed by atoms with van der Waals surface area (Å²) in [6.45, 7) is 4.30. The van der Waals surface area contributed by atoms with Crippen LogP contribution in [0.5, 0.6) is 0 Å². The van der Waals surface area contributed by atoms with Gasteiger partial charge < -0.3 is 9.84 Å². The Hall–Kier alpha value is -0.650. The van der Waals surface area contributed by atoms with Gasteiger partial charge in [0.25, 0.3) is 0 Å². The first-order valence-electron chi connectivity index (χ1n) is 6.56. The standard InChI is InChI=1S/C12H20N2O3/c15-12(16)11-8-14(5-6-17-11)10-3-4-13(7-10)9-1-2-9/h9-11H,1-8H2,(H,15,16). The number of rotatable bonds is 3. The molecule has 3 fully saturated rings. The number of ether oxygens (including phenoxy) is 1. The van der Waals surface area contributed by atoms with Crippen molar-refractivity contribution in [2.24, 2.45) is 0 Å². The number of aliphatic carboxylic acids is 1. The maximum Gasteiger partial charge on any atom is 0.334 e. The summed E-state index contributed by atoms with van der Waals surface area (Å²) in [5.74, 6) is -0.827. The topological polar surface area (TPSA) is 53.0 Å². The normalized spacial score (nSPS) is 36.2. The van der Waals surface area contributed by atoms with Crippen LogP contribution in [0.4, 0.5) is 0 Å². The van der Waals surface area contributed by atoms with Crippen LogP contribution in [-0.2, 0) is 9.53 Å². The summed E-state index contributed by atoms with van der Waals surface area (Å²) in [5, 5.41) is 8.99. The summed E-state index contributed by atoms with van der Waals surface area (Å²) >= 11 is 0. The quantitative estimate of drug-likeness (QED) is 0.753. The van der Waals surface area contributed by atoms with Crippen molar-refractivity contribution in [3.8, 4) is 0 Å². The van der Waals surface area contributed by atoms with Crippen LogP contribution in [0, 0.1) is 0 Å².